The molecule has 1 unspecified atom stereocenters. The van der Waals surface area contributed by atoms with Crippen LogP contribution in [0.1, 0.15) is 30.1 Å². The van der Waals surface area contributed by atoms with Crippen molar-refractivity contribution >= 4 is 17.7 Å². The standard InChI is InChI=1S/C16H19NO3S/c18-16(11-1-2-11)17-6-5-15(21-8-7-17)12-3-4-13-14(9-12)20-10-19-13/h3-4,9,11,15H,1-2,5-8,10H2. The number of ether oxygens (including phenoxy) is 2. The van der Waals surface area contributed by atoms with Crippen molar-refractivity contribution in [2.24, 2.45) is 5.92 Å². The van der Waals surface area contributed by atoms with Gasteiger partial charge in [-0.05, 0) is 37.0 Å². The van der Waals surface area contributed by atoms with Gasteiger partial charge in [0.1, 0.15) is 0 Å². The first-order valence-electron chi connectivity index (χ1n) is 7.61. The number of thioether (sulfide) groups is 1. The molecule has 5 heteroatoms. The number of carbonyl (C=O) groups is 1. The molecule has 1 saturated heterocycles. The van der Waals surface area contributed by atoms with E-state index in [0.717, 1.165) is 49.6 Å². The maximum Gasteiger partial charge on any atom is 0.231 e. The second-order valence-electron chi connectivity index (χ2n) is 5.86. The van der Waals surface area contributed by atoms with Gasteiger partial charge in [-0.25, -0.2) is 0 Å². The molecule has 21 heavy (non-hydrogen) atoms. The summed E-state index contributed by atoms with van der Waals surface area (Å²) in [5.74, 6) is 3.41. The van der Waals surface area contributed by atoms with Gasteiger partial charge in [-0.15, -0.1) is 0 Å². The lowest BCUT2D eigenvalue weighted by Gasteiger charge is -2.20. The first-order valence-corrected chi connectivity index (χ1v) is 8.66. The molecule has 1 amide bonds. The maximum atomic E-state index is 12.2. The summed E-state index contributed by atoms with van der Waals surface area (Å²) < 4.78 is 10.8. The van der Waals surface area contributed by atoms with Crippen molar-refractivity contribution in [3.05, 3.63) is 23.8 Å². The van der Waals surface area contributed by atoms with Crippen molar-refractivity contribution in [2.75, 3.05) is 25.6 Å². The molecule has 0 spiro atoms. The van der Waals surface area contributed by atoms with Crippen molar-refractivity contribution < 1.29 is 14.3 Å². The molecule has 0 radical (unpaired) electrons. The van der Waals surface area contributed by atoms with Gasteiger partial charge >= 0.3 is 0 Å². The second kappa shape index (κ2) is 5.44. The first-order chi connectivity index (χ1) is 10.3. The molecule has 4 rings (SSSR count). The van der Waals surface area contributed by atoms with Crippen molar-refractivity contribution in [1.82, 2.24) is 4.90 Å². The van der Waals surface area contributed by atoms with Gasteiger partial charge in [0.2, 0.25) is 12.7 Å². The molecule has 3 aliphatic rings. The molecule has 0 bridgehead atoms. The highest BCUT2D eigenvalue weighted by Crippen LogP contribution is 2.41. The Labute approximate surface area is 128 Å². The number of fused-ring (bicyclic) bond motifs is 1. The average Bonchev–Trinajstić information content (AvgIpc) is 3.29. The normalized spacial score (nSPS) is 24.8. The van der Waals surface area contributed by atoms with Crippen LogP contribution in [0.2, 0.25) is 0 Å². The fraction of sp³-hybridized carbons (Fsp3) is 0.562. The lowest BCUT2D eigenvalue weighted by atomic mass is 10.1. The fourth-order valence-electron chi connectivity index (χ4n) is 2.96. The third kappa shape index (κ3) is 2.71. The monoisotopic (exact) mass is 305 g/mol. The second-order valence-corrected chi connectivity index (χ2v) is 7.17. The summed E-state index contributed by atoms with van der Waals surface area (Å²) in [6, 6.07) is 6.22. The topological polar surface area (TPSA) is 38.8 Å². The molecular weight excluding hydrogens is 286 g/mol. The molecule has 2 heterocycles. The summed E-state index contributed by atoms with van der Waals surface area (Å²) in [4.78, 5) is 14.3. The van der Waals surface area contributed by atoms with E-state index < -0.39 is 0 Å². The minimum Gasteiger partial charge on any atom is -0.454 e. The van der Waals surface area contributed by atoms with Crippen molar-refractivity contribution in [3.63, 3.8) is 0 Å². The van der Waals surface area contributed by atoms with E-state index in [4.69, 9.17) is 9.47 Å². The number of hydrogen-bond donors (Lipinski definition) is 0. The molecule has 1 aromatic rings. The SMILES string of the molecule is O=C(C1CC1)N1CCSC(c2ccc3c(c2)OCO3)CC1. The number of carbonyl (C=O) groups excluding carboxylic acids is 1. The van der Waals surface area contributed by atoms with Crippen LogP contribution in [0.4, 0.5) is 0 Å². The van der Waals surface area contributed by atoms with E-state index in [-0.39, 0.29) is 0 Å². The molecule has 1 aliphatic carbocycles. The van der Waals surface area contributed by atoms with Crippen LogP contribution in [0.15, 0.2) is 18.2 Å². The van der Waals surface area contributed by atoms with Gasteiger partial charge in [-0.2, -0.15) is 11.8 Å². The summed E-state index contributed by atoms with van der Waals surface area (Å²) in [7, 11) is 0. The zero-order valence-corrected chi connectivity index (χ0v) is 12.7. The van der Waals surface area contributed by atoms with Crippen LogP contribution in [0, 0.1) is 5.92 Å². The molecule has 2 fully saturated rings. The fourth-order valence-corrected chi connectivity index (χ4v) is 4.18. The predicted molar refractivity (Wildman–Crippen MR) is 81.7 cm³/mol. The van der Waals surface area contributed by atoms with Gasteiger partial charge in [0.05, 0.1) is 0 Å². The van der Waals surface area contributed by atoms with Gasteiger partial charge < -0.3 is 14.4 Å². The molecule has 1 saturated carbocycles. The number of amides is 1. The molecule has 1 atom stereocenters. The average molecular weight is 305 g/mol. The Morgan fingerprint density at radius 3 is 2.86 bits per heavy atom. The van der Waals surface area contributed by atoms with E-state index in [1.807, 2.05) is 17.8 Å². The number of nitrogens with zero attached hydrogens (tertiary/aromatic N) is 1. The van der Waals surface area contributed by atoms with Crippen LogP contribution < -0.4 is 9.47 Å². The maximum absolute atomic E-state index is 12.2. The van der Waals surface area contributed by atoms with Crippen LogP contribution in [-0.2, 0) is 4.79 Å². The Bertz CT molecular complexity index is 558. The Kier molecular flexibility index (Phi) is 3.45. The smallest absolute Gasteiger partial charge is 0.231 e. The summed E-state index contributed by atoms with van der Waals surface area (Å²) in [6.45, 7) is 2.09. The van der Waals surface area contributed by atoms with Crippen molar-refractivity contribution in [2.45, 2.75) is 24.5 Å². The highest BCUT2D eigenvalue weighted by molar-refractivity contribution is 7.99. The van der Waals surface area contributed by atoms with E-state index in [1.165, 1.54) is 5.56 Å². The third-order valence-electron chi connectivity index (χ3n) is 4.35. The Morgan fingerprint density at radius 1 is 1.14 bits per heavy atom. The van der Waals surface area contributed by atoms with E-state index in [1.54, 1.807) is 0 Å². The van der Waals surface area contributed by atoms with Crippen LogP contribution in [0.5, 0.6) is 11.5 Å². The summed E-state index contributed by atoms with van der Waals surface area (Å²) in [5.41, 5.74) is 1.28. The Morgan fingerprint density at radius 2 is 2.00 bits per heavy atom. The van der Waals surface area contributed by atoms with Crippen LogP contribution in [0.3, 0.4) is 0 Å². The van der Waals surface area contributed by atoms with Gasteiger partial charge in [-0.1, -0.05) is 6.07 Å². The van der Waals surface area contributed by atoms with Gasteiger partial charge in [0.15, 0.2) is 11.5 Å². The predicted octanol–water partition coefficient (Wildman–Crippen LogP) is 2.83. The zero-order valence-electron chi connectivity index (χ0n) is 11.9. The number of rotatable bonds is 2. The Balaban J connectivity index is 1.45. The van der Waals surface area contributed by atoms with Crippen molar-refractivity contribution in [1.29, 1.82) is 0 Å². The first kappa shape index (κ1) is 13.3. The molecule has 0 N–H and O–H groups in total. The molecule has 0 aromatic heterocycles. The largest absolute Gasteiger partial charge is 0.454 e. The molecular formula is C16H19NO3S. The van der Waals surface area contributed by atoms with E-state index in [9.17, 15) is 4.79 Å². The van der Waals surface area contributed by atoms with E-state index >= 15 is 0 Å². The summed E-state index contributed by atoms with van der Waals surface area (Å²) in [5, 5.41) is 0.441. The molecule has 1 aromatic carbocycles. The lowest BCUT2D eigenvalue weighted by Crippen LogP contribution is -2.34. The highest BCUT2D eigenvalue weighted by atomic mass is 32.2. The Hall–Kier alpha value is -1.36. The van der Waals surface area contributed by atoms with E-state index in [2.05, 4.69) is 17.0 Å². The van der Waals surface area contributed by atoms with Crippen molar-refractivity contribution in [3.8, 4) is 11.5 Å². The molecule has 112 valence electrons. The number of benzene rings is 1. The van der Waals surface area contributed by atoms with E-state index in [0.29, 0.717) is 23.9 Å². The van der Waals surface area contributed by atoms with Gasteiger partial charge in [0, 0.05) is 30.0 Å². The van der Waals surface area contributed by atoms with Gasteiger partial charge in [0.25, 0.3) is 0 Å². The van der Waals surface area contributed by atoms with Crippen LogP contribution >= 0.6 is 11.8 Å². The highest BCUT2D eigenvalue weighted by Gasteiger charge is 2.34. The van der Waals surface area contributed by atoms with Gasteiger partial charge in [-0.3, -0.25) is 4.79 Å². The van der Waals surface area contributed by atoms with Crippen LogP contribution in [0.25, 0.3) is 0 Å². The third-order valence-corrected chi connectivity index (χ3v) is 5.68. The summed E-state index contributed by atoms with van der Waals surface area (Å²) in [6.07, 6.45) is 3.20. The minimum absolute atomic E-state index is 0.320. The summed E-state index contributed by atoms with van der Waals surface area (Å²) >= 11 is 1.95. The number of hydrogen-bond acceptors (Lipinski definition) is 4. The quantitative estimate of drug-likeness (QED) is 0.842. The molecule has 2 aliphatic heterocycles. The molecule has 4 nitrogen and oxygen atoms in total. The van der Waals surface area contributed by atoms with Crippen LogP contribution in [-0.4, -0.2) is 36.4 Å². The zero-order chi connectivity index (χ0) is 14.2. The lowest BCUT2D eigenvalue weighted by molar-refractivity contribution is -0.132. The minimum atomic E-state index is 0.320.